The second-order valence-electron chi connectivity index (χ2n) is 3.54. The molecule has 9 nitrogen and oxygen atoms in total. The van der Waals surface area contributed by atoms with Crippen LogP contribution in [0.1, 0.15) is 20.8 Å². The molecule has 2 aromatic rings. The Kier molecular flexibility index (Phi) is 3.66. The molecule has 0 aliphatic rings. The van der Waals surface area contributed by atoms with E-state index in [9.17, 15) is 19.7 Å². The Morgan fingerprint density at radius 1 is 1.40 bits per heavy atom. The van der Waals surface area contributed by atoms with Gasteiger partial charge in [-0.05, 0) is 6.07 Å². The van der Waals surface area contributed by atoms with E-state index in [4.69, 9.17) is 5.11 Å². The van der Waals surface area contributed by atoms with Gasteiger partial charge in [-0.15, -0.1) is 0 Å². The molecule has 0 unspecified atom stereocenters. The van der Waals surface area contributed by atoms with Gasteiger partial charge in [0.1, 0.15) is 0 Å². The summed E-state index contributed by atoms with van der Waals surface area (Å²) in [5.74, 6) is -2.03. The highest BCUT2D eigenvalue weighted by molar-refractivity contribution is 6.99. The lowest BCUT2D eigenvalue weighted by atomic mass is 10.1. The highest BCUT2D eigenvalue weighted by Crippen LogP contribution is 2.22. The zero-order chi connectivity index (χ0) is 14.7. The number of hydrogen-bond acceptors (Lipinski definition) is 7. The number of aromatic nitrogens is 2. The van der Waals surface area contributed by atoms with Crippen LogP contribution in [0.3, 0.4) is 0 Å². The minimum absolute atomic E-state index is 0.0321. The van der Waals surface area contributed by atoms with E-state index < -0.39 is 16.8 Å². The van der Waals surface area contributed by atoms with Crippen molar-refractivity contribution in [3.05, 3.63) is 45.8 Å². The van der Waals surface area contributed by atoms with Gasteiger partial charge in [-0.1, -0.05) is 0 Å². The molecule has 20 heavy (non-hydrogen) atoms. The first-order chi connectivity index (χ1) is 9.49. The first-order valence-corrected chi connectivity index (χ1v) is 5.82. The lowest BCUT2D eigenvalue weighted by molar-refractivity contribution is -0.384. The van der Waals surface area contributed by atoms with Crippen molar-refractivity contribution < 1.29 is 19.6 Å². The molecule has 1 amide bonds. The summed E-state index contributed by atoms with van der Waals surface area (Å²) in [6.45, 7) is 0. The van der Waals surface area contributed by atoms with Gasteiger partial charge in [0.15, 0.2) is 5.69 Å². The Labute approximate surface area is 115 Å². The molecule has 10 heteroatoms. The molecule has 0 saturated carbocycles. The van der Waals surface area contributed by atoms with E-state index >= 15 is 0 Å². The predicted octanol–water partition coefficient (Wildman–Crippen LogP) is 1.40. The molecule has 0 bridgehead atoms. The number of non-ortho nitro benzene ring substituents is 1. The van der Waals surface area contributed by atoms with Gasteiger partial charge in [0.05, 0.1) is 34.1 Å². The van der Waals surface area contributed by atoms with Gasteiger partial charge in [0, 0.05) is 12.1 Å². The summed E-state index contributed by atoms with van der Waals surface area (Å²) >= 11 is 0.829. The van der Waals surface area contributed by atoms with Crippen LogP contribution in [0.5, 0.6) is 0 Å². The Morgan fingerprint density at radius 3 is 2.70 bits per heavy atom. The highest BCUT2D eigenvalue weighted by atomic mass is 32.1. The van der Waals surface area contributed by atoms with Gasteiger partial charge < -0.3 is 10.4 Å². The van der Waals surface area contributed by atoms with Gasteiger partial charge in [0.25, 0.3) is 11.6 Å². The normalized spacial score (nSPS) is 10.0. The predicted molar refractivity (Wildman–Crippen MR) is 67.9 cm³/mol. The fraction of sp³-hybridized carbons (Fsp3) is 0. The maximum Gasteiger partial charge on any atom is 0.338 e. The molecule has 0 saturated heterocycles. The number of nitro groups is 1. The van der Waals surface area contributed by atoms with Gasteiger partial charge in [-0.3, -0.25) is 14.9 Å². The maximum absolute atomic E-state index is 11.7. The summed E-state index contributed by atoms with van der Waals surface area (Å²) in [6, 6.07) is 3.12. The van der Waals surface area contributed by atoms with E-state index in [2.05, 4.69) is 14.1 Å². The second kappa shape index (κ2) is 5.40. The van der Waals surface area contributed by atoms with Crippen LogP contribution >= 0.6 is 11.7 Å². The largest absolute Gasteiger partial charge is 0.478 e. The summed E-state index contributed by atoms with van der Waals surface area (Å²) in [4.78, 5) is 32.7. The molecule has 1 aromatic carbocycles. The van der Waals surface area contributed by atoms with Crippen molar-refractivity contribution in [3.8, 4) is 0 Å². The SMILES string of the molecule is O=C(Nc1ccc([N+](=O)[O-])cc1C(=O)O)c1cnsn1. The Balaban J connectivity index is 2.34. The van der Waals surface area contributed by atoms with Crippen LogP contribution in [0.25, 0.3) is 0 Å². The first-order valence-electron chi connectivity index (χ1n) is 5.09. The summed E-state index contributed by atoms with van der Waals surface area (Å²) in [5.41, 5.74) is -0.780. The van der Waals surface area contributed by atoms with Crippen molar-refractivity contribution in [1.29, 1.82) is 0 Å². The van der Waals surface area contributed by atoms with Crippen molar-refractivity contribution in [3.63, 3.8) is 0 Å². The molecule has 0 fully saturated rings. The van der Waals surface area contributed by atoms with E-state index in [-0.39, 0.29) is 22.6 Å². The standard InChI is InChI=1S/C10H6N4O5S/c15-9(8-4-11-20-13-8)12-7-2-1-5(14(18)19)3-6(7)10(16)17/h1-4H,(H,12,15)(H,16,17). The van der Waals surface area contributed by atoms with Gasteiger partial charge in [-0.25, -0.2) is 4.79 Å². The number of carboxylic acids is 1. The fourth-order valence-corrected chi connectivity index (χ4v) is 1.79. The number of hydrogen-bond donors (Lipinski definition) is 2. The average Bonchev–Trinajstić information content (AvgIpc) is 2.92. The number of nitrogens with zero attached hydrogens (tertiary/aromatic N) is 3. The quantitative estimate of drug-likeness (QED) is 0.642. The van der Waals surface area contributed by atoms with Crippen LogP contribution in [0.15, 0.2) is 24.4 Å². The Bertz CT molecular complexity index is 685. The lowest BCUT2D eigenvalue weighted by Crippen LogP contribution is -2.15. The second-order valence-corrected chi connectivity index (χ2v) is 4.10. The van der Waals surface area contributed by atoms with Crippen LogP contribution in [-0.4, -0.2) is 30.7 Å². The zero-order valence-corrected chi connectivity index (χ0v) is 10.5. The van der Waals surface area contributed by atoms with E-state index in [1.54, 1.807) is 0 Å². The van der Waals surface area contributed by atoms with Crippen LogP contribution in [-0.2, 0) is 0 Å². The minimum Gasteiger partial charge on any atom is -0.478 e. The third-order valence-corrected chi connectivity index (χ3v) is 2.76. The first kappa shape index (κ1) is 13.5. The molecule has 0 spiro atoms. The van der Waals surface area contributed by atoms with Crippen LogP contribution in [0.2, 0.25) is 0 Å². The summed E-state index contributed by atoms with van der Waals surface area (Å²) in [6.07, 6.45) is 1.23. The maximum atomic E-state index is 11.7. The fourth-order valence-electron chi connectivity index (χ4n) is 1.38. The van der Waals surface area contributed by atoms with E-state index in [0.717, 1.165) is 29.9 Å². The van der Waals surface area contributed by atoms with Crippen LogP contribution in [0.4, 0.5) is 11.4 Å². The molecule has 0 aliphatic heterocycles. The molecule has 1 heterocycles. The Morgan fingerprint density at radius 2 is 2.15 bits per heavy atom. The molecule has 102 valence electrons. The number of anilines is 1. The van der Waals surface area contributed by atoms with E-state index in [1.165, 1.54) is 6.20 Å². The van der Waals surface area contributed by atoms with Gasteiger partial charge in [-0.2, -0.15) is 8.75 Å². The van der Waals surface area contributed by atoms with Crippen molar-refractivity contribution >= 4 is 35.0 Å². The number of aromatic carboxylic acids is 1. The third-order valence-electron chi connectivity index (χ3n) is 2.29. The number of carbonyl (C=O) groups is 2. The number of nitrogens with one attached hydrogen (secondary N) is 1. The average molecular weight is 294 g/mol. The van der Waals surface area contributed by atoms with Crippen LogP contribution < -0.4 is 5.32 Å². The number of benzene rings is 1. The Hall–Kier alpha value is -2.88. The van der Waals surface area contributed by atoms with E-state index in [1.807, 2.05) is 0 Å². The summed E-state index contributed by atoms with van der Waals surface area (Å²) in [5, 5.41) is 21.9. The van der Waals surface area contributed by atoms with Crippen molar-refractivity contribution in [1.82, 2.24) is 8.75 Å². The van der Waals surface area contributed by atoms with E-state index in [0.29, 0.717) is 0 Å². The van der Waals surface area contributed by atoms with Gasteiger partial charge >= 0.3 is 5.97 Å². The minimum atomic E-state index is -1.39. The van der Waals surface area contributed by atoms with Crippen molar-refractivity contribution in [2.75, 3.05) is 5.32 Å². The number of rotatable bonds is 4. The number of nitro benzene ring substituents is 1. The monoisotopic (exact) mass is 294 g/mol. The zero-order valence-electron chi connectivity index (χ0n) is 9.64. The molecular formula is C10H6N4O5S. The number of carboxylic acid groups (broad SMARTS) is 1. The molecule has 1 aromatic heterocycles. The molecular weight excluding hydrogens is 288 g/mol. The molecule has 2 N–H and O–H groups in total. The van der Waals surface area contributed by atoms with Crippen LogP contribution in [0, 0.1) is 10.1 Å². The molecule has 0 aliphatic carbocycles. The summed E-state index contributed by atoms with van der Waals surface area (Å²) < 4.78 is 7.34. The molecule has 2 rings (SSSR count). The topological polar surface area (TPSA) is 135 Å². The van der Waals surface area contributed by atoms with Crippen molar-refractivity contribution in [2.24, 2.45) is 0 Å². The number of amides is 1. The summed E-state index contributed by atoms with van der Waals surface area (Å²) in [7, 11) is 0. The smallest absolute Gasteiger partial charge is 0.338 e. The molecule has 0 radical (unpaired) electrons. The van der Waals surface area contributed by atoms with Crippen molar-refractivity contribution in [2.45, 2.75) is 0 Å². The lowest BCUT2D eigenvalue weighted by Gasteiger charge is -2.06. The third kappa shape index (κ3) is 2.75. The number of carbonyl (C=O) groups excluding carboxylic acids is 1. The highest BCUT2D eigenvalue weighted by Gasteiger charge is 2.18. The van der Waals surface area contributed by atoms with Gasteiger partial charge in [0.2, 0.25) is 0 Å². The molecule has 0 atom stereocenters.